The lowest BCUT2D eigenvalue weighted by Crippen LogP contribution is -1.85. The van der Waals surface area contributed by atoms with Crippen LogP contribution >= 0.6 is 0 Å². The number of benzene rings is 2. The van der Waals surface area contributed by atoms with Crippen LogP contribution < -0.4 is 0 Å². The second kappa shape index (κ2) is 4.83. The Morgan fingerprint density at radius 1 is 0.941 bits per heavy atom. The normalized spacial score (nSPS) is 10.9. The van der Waals surface area contributed by atoms with Gasteiger partial charge < -0.3 is 5.11 Å². The minimum absolute atomic E-state index is 0.296. The summed E-state index contributed by atoms with van der Waals surface area (Å²) < 4.78 is 0. The Morgan fingerprint density at radius 3 is 2.41 bits per heavy atom. The first kappa shape index (κ1) is 11.4. The quantitative estimate of drug-likeness (QED) is 0.775. The molecule has 0 atom stereocenters. The third kappa shape index (κ3) is 2.53. The molecule has 86 valence electrons. The standard InChI is InChI=1S/C15H15NO/c1-11-6-3-4-9-14(11)16-10-13-8-5-7-12(2)15(13)17/h3-10,17H,1-2H3. The number of phenolic OH excluding ortho intramolecular Hbond substituents is 1. The minimum Gasteiger partial charge on any atom is -0.507 e. The van der Waals surface area contributed by atoms with Crippen LogP contribution in [0.4, 0.5) is 5.69 Å². The van der Waals surface area contributed by atoms with Gasteiger partial charge in [-0.25, -0.2) is 0 Å². The van der Waals surface area contributed by atoms with Crippen LogP contribution in [0.2, 0.25) is 0 Å². The molecule has 0 saturated carbocycles. The van der Waals surface area contributed by atoms with Gasteiger partial charge in [-0.1, -0.05) is 30.3 Å². The van der Waals surface area contributed by atoms with Gasteiger partial charge in [0.2, 0.25) is 0 Å². The second-order valence-corrected chi connectivity index (χ2v) is 4.06. The highest BCUT2D eigenvalue weighted by Gasteiger charge is 2.00. The Bertz CT molecular complexity index is 559. The third-order valence-electron chi connectivity index (χ3n) is 2.73. The number of nitrogens with zero attached hydrogens (tertiary/aromatic N) is 1. The van der Waals surface area contributed by atoms with Gasteiger partial charge in [-0.05, 0) is 37.1 Å². The minimum atomic E-state index is 0.296. The molecule has 0 heterocycles. The van der Waals surface area contributed by atoms with E-state index in [2.05, 4.69) is 4.99 Å². The molecule has 2 heteroatoms. The lowest BCUT2D eigenvalue weighted by atomic mass is 10.1. The molecule has 0 bridgehead atoms. The van der Waals surface area contributed by atoms with Crippen LogP contribution in [0.3, 0.4) is 0 Å². The van der Waals surface area contributed by atoms with E-state index in [4.69, 9.17) is 0 Å². The summed E-state index contributed by atoms with van der Waals surface area (Å²) in [5.74, 6) is 0.296. The van der Waals surface area contributed by atoms with Crippen LogP contribution in [-0.4, -0.2) is 11.3 Å². The average molecular weight is 225 g/mol. The zero-order valence-corrected chi connectivity index (χ0v) is 10.0. The van der Waals surface area contributed by atoms with E-state index < -0.39 is 0 Å². The van der Waals surface area contributed by atoms with Crippen molar-refractivity contribution >= 4 is 11.9 Å². The van der Waals surface area contributed by atoms with Gasteiger partial charge in [0.05, 0.1) is 5.69 Å². The van der Waals surface area contributed by atoms with Gasteiger partial charge in [0.1, 0.15) is 5.75 Å². The van der Waals surface area contributed by atoms with Gasteiger partial charge >= 0.3 is 0 Å². The molecule has 2 aromatic carbocycles. The van der Waals surface area contributed by atoms with Crippen LogP contribution in [0.5, 0.6) is 5.75 Å². The monoisotopic (exact) mass is 225 g/mol. The summed E-state index contributed by atoms with van der Waals surface area (Å²) >= 11 is 0. The molecule has 0 aromatic heterocycles. The van der Waals surface area contributed by atoms with E-state index in [1.165, 1.54) is 0 Å². The summed E-state index contributed by atoms with van der Waals surface area (Å²) in [6, 6.07) is 13.6. The van der Waals surface area contributed by atoms with Gasteiger partial charge in [-0.15, -0.1) is 0 Å². The molecule has 0 aliphatic rings. The van der Waals surface area contributed by atoms with Crippen molar-refractivity contribution in [2.45, 2.75) is 13.8 Å². The van der Waals surface area contributed by atoms with Crippen molar-refractivity contribution in [2.24, 2.45) is 4.99 Å². The SMILES string of the molecule is Cc1ccccc1N=Cc1cccc(C)c1O. The van der Waals surface area contributed by atoms with Crippen molar-refractivity contribution < 1.29 is 5.11 Å². The van der Waals surface area contributed by atoms with E-state index in [1.807, 2.05) is 56.3 Å². The molecule has 17 heavy (non-hydrogen) atoms. The van der Waals surface area contributed by atoms with E-state index in [1.54, 1.807) is 6.21 Å². The van der Waals surface area contributed by atoms with E-state index in [-0.39, 0.29) is 0 Å². The predicted octanol–water partition coefficient (Wildman–Crippen LogP) is 3.76. The number of hydrogen-bond acceptors (Lipinski definition) is 2. The lowest BCUT2D eigenvalue weighted by molar-refractivity contribution is 0.470. The van der Waals surface area contributed by atoms with Crippen LogP contribution in [0.15, 0.2) is 47.5 Å². The number of rotatable bonds is 2. The molecular formula is C15H15NO. The zero-order valence-electron chi connectivity index (χ0n) is 10.0. The van der Waals surface area contributed by atoms with E-state index in [0.717, 1.165) is 22.4 Å². The van der Waals surface area contributed by atoms with Crippen molar-refractivity contribution in [1.82, 2.24) is 0 Å². The van der Waals surface area contributed by atoms with Crippen molar-refractivity contribution in [3.8, 4) is 5.75 Å². The highest BCUT2D eigenvalue weighted by Crippen LogP contribution is 2.22. The summed E-state index contributed by atoms with van der Waals surface area (Å²) in [7, 11) is 0. The predicted molar refractivity (Wildman–Crippen MR) is 71.3 cm³/mol. The number of phenols is 1. The lowest BCUT2D eigenvalue weighted by Gasteiger charge is -2.02. The van der Waals surface area contributed by atoms with Crippen LogP contribution in [0, 0.1) is 13.8 Å². The number of hydrogen-bond donors (Lipinski definition) is 1. The highest BCUT2D eigenvalue weighted by molar-refractivity contribution is 5.86. The zero-order chi connectivity index (χ0) is 12.3. The maximum Gasteiger partial charge on any atom is 0.127 e. The third-order valence-corrected chi connectivity index (χ3v) is 2.73. The van der Waals surface area contributed by atoms with Crippen molar-refractivity contribution in [3.05, 3.63) is 59.2 Å². The molecule has 2 aromatic rings. The molecule has 0 aliphatic heterocycles. The first-order valence-corrected chi connectivity index (χ1v) is 5.57. The number of aromatic hydroxyl groups is 1. The molecule has 0 aliphatic carbocycles. The molecule has 2 nitrogen and oxygen atoms in total. The van der Waals surface area contributed by atoms with Gasteiger partial charge in [0.15, 0.2) is 0 Å². The Balaban J connectivity index is 2.33. The van der Waals surface area contributed by atoms with Crippen LogP contribution in [-0.2, 0) is 0 Å². The summed E-state index contributed by atoms with van der Waals surface area (Å²) in [5.41, 5.74) is 3.65. The Morgan fingerprint density at radius 2 is 1.65 bits per heavy atom. The summed E-state index contributed by atoms with van der Waals surface area (Å²) in [6.07, 6.45) is 1.70. The molecular weight excluding hydrogens is 210 g/mol. The smallest absolute Gasteiger partial charge is 0.127 e. The van der Waals surface area contributed by atoms with Gasteiger partial charge in [-0.3, -0.25) is 4.99 Å². The van der Waals surface area contributed by atoms with E-state index in [9.17, 15) is 5.11 Å². The second-order valence-electron chi connectivity index (χ2n) is 4.06. The molecule has 0 spiro atoms. The van der Waals surface area contributed by atoms with E-state index in [0.29, 0.717) is 5.75 Å². The fraction of sp³-hybridized carbons (Fsp3) is 0.133. The maximum atomic E-state index is 9.85. The summed E-state index contributed by atoms with van der Waals surface area (Å²) in [4.78, 5) is 4.39. The fourth-order valence-electron chi connectivity index (χ4n) is 1.63. The number of aryl methyl sites for hydroxylation is 2. The highest BCUT2D eigenvalue weighted by atomic mass is 16.3. The van der Waals surface area contributed by atoms with Gasteiger partial charge in [-0.2, -0.15) is 0 Å². The molecule has 2 rings (SSSR count). The fourth-order valence-corrected chi connectivity index (χ4v) is 1.63. The van der Waals surface area contributed by atoms with Crippen molar-refractivity contribution in [1.29, 1.82) is 0 Å². The van der Waals surface area contributed by atoms with Crippen molar-refractivity contribution in [2.75, 3.05) is 0 Å². The molecule has 1 N–H and O–H groups in total. The maximum absolute atomic E-state index is 9.85. The van der Waals surface area contributed by atoms with Gasteiger partial charge in [0.25, 0.3) is 0 Å². The molecule has 0 fully saturated rings. The Kier molecular flexibility index (Phi) is 3.24. The Hall–Kier alpha value is -2.09. The summed E-state index contributed by atoms with van der Waals surface area (Å²) in [6.45, 7) is 3.89. The largest absolute Gasteiger partial charge is 0.507 e. The number of para-hydroxylation sites is 2. The van der Waals surface area contributed by atoms with Crippen molar-refractivity contribution in [3.63, 3.8) is 0 Å². The molecule has 0 saturated heterocycles. The van der Waals surface area contributed by atoms with Gasteiger partial charge in [0, 0.05) is 11.8 Å². The topological polar surface area (TPSA) is 32.6 Å². The average Bonchev–Trinajstić information content (AvgIpc) is 2.33. The summed E-state index contributed by atoms with van der Waals surface area (Å²) in [5, 5.41) is 9.85. The number of aliphatic imine (C=N–C) groups is 1. The molecule has 0 amide bonds. The first-order valence-electron chi connectivity index (χ1n) is 5.57. The van der Waals surface area contributed by atoms with Crippen LogP contribution in [0.1, 0.15) is 16.7 Å². The van der Waals surface area contributed by atoms with Crippen LogP contribution in [0.25, 0.3) is 0 Å². The first-order chi connectivity index (χ1) is 8.18. The Labute approximate surface area is 101 Å². The van der Waals surface area contributed by atoms with E-state index >= 15 is 0 Å². The molecule has 0 unspecified atom stereocenters. The molecule has 0 radical (unpaired) electrons.